The Morgan fingerprint density at radius 1 is 0.922 bits per heavy atom. The first-order valence-electron chi connectivity index (χ1n) is 16.7. The van der Waals surface area contributed by atoms with Crippen LogP contribution in [-0.4, -0.2) is 64.2 Å². The van der Waals surface area contributed by atoms with Crippen molar-refractivity contribution in [2.75, 3.05) is 30.2 Å². The number of rotatable bonds is 6. The molecule has 0 fully saturated rings. The van der Waals surface area contributed by atoms with Gasteiger partial charge in [-0.3, -0.25) is 14.5 Å². The van der Waals surface area contributed by atoms with Gasteiger partial charge in [-0.05, 0) is 85.0 Å². The number of amides is 2. The fourth-order valence-corrected chi connectivity index (χ4v) is 7.29. The predicted octanol–water partition coefficient (Wildman–Crippen LogP) is 6.63. The first-order chi connectivity index (χ1) is 24.6. The molecule has 3 aliphatic heterocycles. The van der Waals surface area contributed by atoms with E-state index in [0.29, 0.717) is 45.4 Å². The van der Waals surface area contributed by atoms with Crippen LogP contribution in [0.5, 0.6) is 17.2 Å². The smallest absolute Gasteiger partial charge is 0.264 e. The number of ether oxygens (including phenoxy) is 2. The molecular weight excluding hydrogens is 656 g/mol. The zero-order chi connectivity index (χ0) is 35.6. The summed E-state index contributed by atoms with van der Waals surface area (Å²) in [7, 11) is 3.76. The van der Waals surface area contributed by atoms with Crippen molar-refractivity contribution in [1.82, 2.24) is 14.5 Å². The summed E-state index contributed by atoms with van der Waals surface area (Å²) in [6.07, 6.45) is -0.284. The zero-order valence-corrected chi connectivity index (χ0v) is 28.3. The van der Waals surface area contributed by atoms with Gasteiger partial charge in [0.25, 0.3) is 18.2 Å². The first-order valence-corrected chi connectivity index (χ1v) is 16.7. The lowest BCUT2D eigenvalue weighted by molar-refractivity contribution is 0.0141. The van der Waals surface area contributed by atoms with Crippen LogP contribution in [0.3, 0.4) is 0 Å². The second-order valence-corrected chi connectivity index (χ2v) is 13.2. The summed E-state index contributed by atoms with van der Waals surface area (Å²) < 4.78 is 42.3. The van der Waals surface area contributed by atoms with Crippen LogP contribution in [0.1, 0.15) is 43.1 Å². The number of anilines is 3. The van der Waals surface area contributed by atoms with Gasteiger partial charge in [0.15, 0.2) is 11.5 Å². The molecule has 0 bridgehead atoms. The Morgan fingerprint density at radius 2 is 1.65 bits per heavy atom. The summed E-state index contributed by atoms with van der Waals surface area (Å²) >= 11 is 0. The van der Waals surface area contributed by atoms with Crippen molar-refractivity contribution in [3.63, 3.8) is 0 Å². The van der Waals surface area contributed by atoms with Gasteiger partial charge in [0.05, 0.1) is 29.1 Å². The third kappa shape index (κ3) is 5.51. The SMILES string of the molecule is Cc1c(C(=O)N(c2ccc(O)cc2)c2cnc3c(c2)CCN3C)cc(-c2cc3c(cc2C(=O)N2Cc4ccccc4C[C@H]2C(F)F)OCO3)n1C. The number of carbonyl (C=O) groups excluding carboxylic acids is 2. The number of aromatic nitrogens is 2. The highest BCUT2D eigenvalue weighted by atomic mass is 19.3. The molecule has 5 heterocycles. The van der Waals surface area contributed by atoms with E-state index < -0.39 is 18.4 Å². The van der Waals surface area contributed by atoms with Crippen molar-refractivity contribution in [3.05, 3.63) is 113 Å². The van der Waals surface area contributed by atoms with E-state index in [2.05, 4.69) is 9.88 Å². The van der Waals surface area contributed by atoms with E-state index >= 15 is 0 Å². The van der Waals surface area contributed by atoms with Gasteiger partial charge in [0.1, 0.15) is 11.6 Å². The maximum absolute atomic E-state index is 14.7. The van der Waals surface area contributed by atoms with Crippen LogP contribution in [0.15, 0.2) is 79.0 Å². The monoisotopic (exact) mass is 691 g/mol. The van der Waals surface area contributed by atoms with Crippen LogP contribution < -0.4 is 19.3 Å². The summed E-state index contributed by atoms with van der Waals surface area (Å²) in [5.74, 6) is 0.735. The van der Waals surface area contributed by atoms with Gasteiger partial charge in [-0.1, -0.05) is 24.3 Å². The number of hydrogen-bond acceptors (Lipinski definition) is 7. The molecular formula is C39H35F2N5O5. The minimum Gasteiger partial charge on any atom is -0.508 e. The van der Waals surface area contributed by atoms with Crippen LogP contribution >= 0.6 is 0 Å². The molecule has 0 spiro atoms. The topological polar surface area (TPSA) is 100 Å². The molecule has 0 unspecified atom stereocenters. The van der Waals surface area contributed by atoms with Gasteiger partial charge in [0, 0.05) is 49.8 Å². The second-order valence-electron chi connectivity index (χ2n) is 13.2. The molecule has 2 amide bonds. The molecule has 8 rings (SSSR count). The summed E-state index contributed by atoms with van der Waals surface area (Å²) in [4.78, 5) is 38.7. The van der Waals surface area contributed by atoms with E-state index in [1.54, 1.807) is 48.5 Å². The van der Waals surface area contributed by atoms with Crippen molar-refractivity contribution in [3.8, 4) is 28.5 Å². The number of phenols is 1. The summed E-state index contributed by atoms with van der Waals surface area (Å²) in [6, 6.07) is 19.2. The van der Waals surface area contributed by atoms with Gasteiger partial charge in [-0.2, -0.15) is 0 Å². The third-order valence-corrected chi connectivity index (χ3v) is 10.2. The maximum atomic E-state index is 14.7. The Hall–Kier alpha value is -5.91. The summed E-state index contributed by atoms with van der Waals surface area (Å²) in [6.45, 7) is 2.61. The van der Waals surface area contributed by atoms with Crippen molar-refractivity contribution in [2.24, 2.45) is 7.05 Å². The predicted molar refractivity (Wildman–Crippen MR) is 187 cm³/mol. The standard InChI is InChI=1S/C39H35F2N5O5/c1-22-29(39(49)46(26-8-10-28(47)11-9-26)27-14-24-12-13-43(2)37(24)42-19-27)16-32(44(22)3)30-17-34-35(51-21-50-34)18-31(30)38(48)45-20-25-7-5-4-6-23(25)15-33(45)36(40)41/h4-11,14,16-19,33,36,47H,12-13,15,20-21H2,1-3H3/t33-/m0/s1. The highest BCUT2D eigenvalue weighted by Gasteiger charge is 2.38. The van der Waals surface area contributed by atoms with Gasteiger partial charge in [-0.25, -0.2) is 13.8 Å². The Bertz CT molecular complexity index is 2200. The van der Waals surface area contributed by atoms with Crippen LogP contribution in [-0.2, 0) is 26.4 Å². The lowest BCUT2D eigenvalue weighted by Crippen LogP contribution is -2.48. The Balaban J connectivity index is 1.23. The number of phenolic OH excluding ortho intramolecular Hbond substituents is 1. The van der Waals surface area contributed by atoms with E-state index in [1.807, 2.05) is 48.9 Å². The molecule has 0 saturated heterocycles. The molecule has 5 aromatic rings. The molecule has 12 heteroatoms. The molecule has 10 nitrogen and oxygen atoms in total. The van der Waals surface area contributed by atoms with Crippen molar-refractivity contribution < 1.29 is 33.0 Å². The maximum Gasteiger partial charge on any atom is 0.264 e. The normalized spacial score (nSPS) is 16.0. The van der Waals surface area contributed by atoms with Gasteiger partial charge in [0.2, 0.25) is 6.79 Å². The fourth-order valence-electron chi connectivity index (χ4n) is 7.29. The van der Waals surface area contributed by atoms with Crippen LogP contribution in [0.2, 0.25) is 0 Å². The number of benzene rings is 3. The number of likely N-dealkylation sites (N-methyl/N-ethyl adjacent to an activating group) is 1. The Kier molecular flexibility index (Phi) is 7.89. The lowest BCUT2D eigenvalue weighted by Gasteiger charge is -2.37. The van der Waals surface area contributed by atoms with Gasteiger partial charge >= 0.3 is 0 Å². The van der Waals surface area contributed by atoms with E-state index in [1.165, 1.54) is 17.0 Å². The molecule has 1 N–H and O–H groups in total. The summed E-state index contributed by atoms with van der Waals surface area (Å²) in [5, 5.41) is 10.0. The number of aromatic hydroxyl groups is 1. The van der Waals surface area contributed by atoms with Gasteiger partial charge < -0.3 is 28.9 Å². The molecule has 0 aliphatic carbocycles. The summed E-state index contributed by atoms with van der Waals surface area (Å²) in [5.41, 5.74) is 5.77. The van der Waals surface area contributed by atoms with E-state index in [9.17, 15) is 23.5 Å². The molecule has 51 heavy (non-hydrogen) atoms. The van der Waals surface area contributed by atoms with Crippen molar-refractivity contribution in [1.29, 1.82) is 0 Å². The van der Waals surface area contributed by atoms with Crippen LogP contribution in [0.4, 0.5) is 26.0 Å². The number of halogens is 2. The number of nitrogens with zero attached hydrogens (tertiary/aromatic N) is 5. The van der Waals surface area contributed by atoms with Crippen LogP contribution in [0, 0.1) is 6.92 Å². The fraction of sp³-hybridized carbons (Fsp3) is 0.256. The number of hydrogen-bond donors (Lipinski definition) is 1. The molecule has 3 aliphatic rings. The minimum absolute atomic E-state index is 0.0278. The number of fused-ring (bicyclic) bond motifs is 3. The van der Waals surface area contributed by atoms with E-state index in [4.69, 9.17) is 9.47 Å². The lowest BCUT2D eigenvalue weighted by atomic mass is 9.92. The zero-order valence-electron chi connectivity index (χ0n) is 28.3. The molecule has 0 radical (unpaired) electrons. The van der Waals surface area contributed by atoms with E-state index in [-0.39, 0.29) is 37.0 Å². The molecule has 2 aromatic heterocycles. The highest BCUT2D eigenvalue weighted by molar-refractivity contribution is 6.12. The van der Waals surface area contributed by atoms with Gasteiger partial charge in [-0.15, -0.1) is 0 Å². The first kappa shape index (κ1) is 32.3. The Labute approximate surface area is 293 Å². The second kappa shape index (κ2) is 12.4. The average molecular weight is 692 g/mol. The molecule has 3 aromatic carbocycles. The Morgan fingerprint density at radius 3 is 2.39 bits per heavy atom. The van der Waals surface area contributed by atoms with Crippen LogP contribution in [0.25, 0.3) is 11.3 Å². The number of alkyl halides is 2. The van der Waals surface area contributed by atoms with E-state index in [0.717, 1.165) is 35.5 Å². The number of carbonyl (C=O) groups is 2. The third-order valence-electron chi connectivity index (χ3n) is 10.2. The quantitative estimate of drug-likeness (QED) is 0.213. The van der Waals surface area contributed by atoms with Crippen molar-refractivity contribution >= 4 is 29.0 Å². The largest absolute Gasteiger partial charge is 0.508 e. The highest BCUT2D eigenvalue weighted by Crippen LogP contribution is 2.42. The molecule has 0 saturated carbocycles. The molecule has 1 atom stereocenters. The molecule has 260 valence electrons. The van der Waals surface area contributed by atoms with Crippen molar-refractivity contribution in [2.45, 2.75) is 38.8 Å². The number of pyridine rings is 1. The minimum atomic E-state index is -2.76. The average Bonchev–Trinajstić information content (AvgIpc) is 3.84.